The Morgan fingerprint density at radius 1 is 1.29 bits per heavy atom. The molecule has 0 atom stereocenters. The normalized spacial score (nSPS) is 28.0. The first-order valence-electron chi connectivity index (χ1n) is 7.23. The maximum atomic E-state index is 12.5. The van der Waals surface area contributed by atoms with Crippen molar-refractivity contribution in [2.24, 2.45) is 0 Å². The molecule has 2 N–H and O–H groups in total. The quantitative estimate of drug-likeness (QED) is 0.896. The van der Waals surface area contributed by atoms with Crippen molar-refractivity contribution in [3.05, 3.63) is 35.9 Å². The number of hydrogen-bond acceptors (Lipinski definition) is 4. The van der Waals surface area contributed by atoms with E-state index < -0.39 is 18.0 Å². The van der Waals surface area contributed by atoms with Crippen molar-refractivity contribution in [2.75, 3.05) is 0 Å². The van der Waals surface area contributed by atoms with Gasteiger partial charge in [0.15, 0.2) is 0 Å². The summed E-state index contributed by atoms with van der Waals surface area (Å²) in [5, 5.41) is 15.2. The maximum Gasteiger partial charge on any atom is 0.433 e. The van der Waals surface area contributed by atoms with Crippen molar-refractivity contribution in [1.29, 1.82) is 0 Å². The second kappa shape index (κ2) is 4.49. The van der Waals surface area contributed by atoms with E-state index in [0.29, 0.717) is 36.3 Å². The van der Waals surface area contributed by atoms with Crippen LogP contribution in [0.25, 0.3) is 11.3 Å². The SMILES string of the molecule is O=C(O)NC12CC(c3cc(-c4ccc(C(F)(F)F)nc4)no3)(C1)C2. The van der Waals surface area contributed by atoms with E-state index in [2.05, 4.69) is 15.5 Å². The highest BCUT2D eigenvalue weighted by Crippen LogP contribution is 2.67. The van der Waals surface area contributed by atoms with Crippen LogP contribution < -0.4 is 5.32 Å². The van der Waals surface area contributed by atoms with Crippen LogP contribution >= 0.6 is 0 Å². The van der Waals surface area contributed by atoms with E-state index >= 15 is 0 Å². The molecule has 0 aromatic carbocycles. The van der Waals surface area contributed by atoms with E-state index in [-0.39, 0.29) is 11.0 Å². The van der Waals surface area contributed by atoms with E-state index in [9.17, 15) is 18.0 Å². The average molecular weight is 339 g/mol. The minimum absolute atomic E-state index is 0.215. The Bertz CT molecular complexity index is 794. The van der Waals surface area contributed by atoms with Gasteiger partial charge >= 0.3 is 12.3 Å². The largest absolute Gasteiger partial charge is 0.465 e. The Labute approximate surface area is 133 Å². The number of amides is 1. The molecule has 1 amide bonds. The zero-order valence-corrected chi connectivity index (χ0v) is 12.2. The molecule has 6 nitrogen and oxygen atoms in total. The second-order valence-electron chi connectivity index (χ2n) is 6.53. The van der Waals surface area contributed by atoms with Gasteiger partial charge in [-0.25, -0.2) is 4.79 Å². The Morgan fingerprint density at radius 2 is 2.00 bits per heavy atom. The third-order valence-electron chi connectivity index (χ3n) is 4.78. The summed E-state index contributed by atoms with van der Waals surface area (Å²) in [4.78, 5) is 14.1. The van der Waals surface area contributed by atoms with Crippen LogP contribution in [0.5, 0.6) is 0 Å². The van der Waals surface area contributed by atoms with E-state index in [0.717, 1.165) is 12.3 Å². The number of halogens is 3. The molecule has 5 rings (SSSR count). The Balaban J connectivity index is 1.50. The summed E-state index contributed by atoms with van der Waals surface area (Å²) in [5.41, 5.74) is -0.697. The minimum atomic E-state index is -4.48. The molecular formula is C15H12F3N3O3. The lowest BCUT2D eigenvalue weighted by Crippen LogP contribution is -2.76. The number of alkyl halides is 3. The molecule has 2 aromatic heterocycles. The molecule has 126 valence electrons. The van der Waals surface area contributed by atoms with Crippen LogP contribution in [-0.4, -0.2) is 26.9 Å². The first kappa shape index (κ1) is 15.0. The van der Waals surface area contributed by atoms with Gasteiger partial charge in [0.25, 0.3) is 0 Å². The number of carbonyl (C=O) groups is 1. The van der Waals surface area contributed by atoms with Gasteiger partial charge in [-0.1, -0.05) is 5.16 Å². The summed E-state index contributed by atoms with van der Waals surface area (Å²) < 4.78 is 42.9. The molecule has 3 saturated carbocycles. The van der Waals surface area contributed by atoms with E-state index in [1.807, 2.05) is 0 Å². The van der Waals surface area contributed by atoms with Gasteiger partial charge in [0.1, 0.15) is 17.1 Å². The monoisotopic (exact) mass is 339 g/mol. The summed E-state index contributed by atoms with van der Waals surface area (Å²) in [6.07, 6.45) is -2.48. The van der Waals surface area contributed by atoms with Crippen molar-refractivity contribution >= 4 is 6.09 Å². The first-order valence-corrected chi connectivity index (χ1v) is 7.23. The van der Waals surface area contributed by atoms with Gasteiger partial charge in [-0.05, 0) is 31.4 Å². The van der Waals surface area contributed by atoms with Crippen LogP contribution in [0.15, 0.2) is 28.9 Å². The lowest BCUT2D eigenvalue weighted by atomic mass is 9.38. The van der Waals surface area contributed by atoms with Crippen molar-refractivity contribution in [3.8, 4) is 11.3 Å². The molecule has 9 heteroatoms. The number of carboxylic acid groups (broad SMARTS) is 1. The van der Waals surface area contributed by atoms with E-state index in [4.69, 9.17) is 9.63 Å². The molecule has 0 spiro atoms. The molecule has 24 heavy (non-hydrogen) atoms. The third kappa shape index (κ3) is 2.15. The van der Waals surface area contributed by atoms with Gasteiger partial charge in [0.2, 0.25) is 0 Å². The topological polar surface area (TPSA) is 88.2 Å². The van der Waals surface area contributed by atoms with Gasteiger partial charge in [0.05, 0.1) is 0 Å². The third-order valence-corrected chi connectivity index (χ3v) is 4.78. The number of rotatable bonds is 3. The highest BCUT2D eigenvalue weighted by Gasteiger charge is 2.71. The first-order chi connectivity index (χ1) is 11.2. The number of pyridine rings is 1. The van der Waals surface area contributed by atoms with Crippen molar-refractivity contribution in [3.63, 3.8) is 0 Å². The van der Waals surface area contributed by atoms with Crippen molar-refractivity contribution < 1.29 is 27.6 Å². The molecule has 3 aliphatic rings. The summed E-state index contributed by atoms with van der Waals surface area (Å²) in [5.74, 6) is 0.631. The highest BCUT2D eigenvalue weighted by atomic mass is 19.4. The van der Waals surface area contributed by atoms with Gasteiger partial charge in [0, 0.05) is 28.8 Å². The summed E-state index contributed by atoms with van der Waals surface area (Å²) in [7, 11) is 0. The smallest absolute Gasteiger partial charge is 0.433 e. The second-order valence-corrected chi connectivity index (χ2v) is 6.53. The Kier molecular flexibility index (Phi) is 2.80. The van der Waals surface area contributed by atoms with Gasteiger partial charge in [-0.3, -0.25) is 4.98 Å². The zero-order chi connectivity index (χ0) is 17.2. The molecule has 0 saturated heterocycles. The summed E-state index contributed by atoms with van der Waals surface area (Å²) >= 11 is 0. The highest BCUT2D eigenvalue weighted by molar-refractivity contribution is 5.67. The maximum absolute atomic E-state index is 12.5. The van der Waals surface area contributed by atoms with Gasteiger partial charge < -0.3 is 14.9 Å². The fourth-order valence-electron chi connectivity index (χ4n) is 3.78. The summed E-state index contributed by atoms with van der Waals surface area (Å²) in [6, 6.07) is 3.89. The zero-order valence-electron chi connectivity index (χ0n) is 12.2. The van der Waals surface area contributed by atoms with E-state index in [1.54, 1.807) is 6.07 Å². The Hall–Kier alpha value is -2.58. The van der Waals surface area contributed by atoms with Crippen LogP contribution in [0, 0.1) is 0 Å². The van der Waals surface area contributed by atoms with Crippen LogP contribution in [0.4, 0.5) is 18.0 Å². The lowest BCUT2D eigenvalue weighted by Gasteiger charge is -2.68. The fraction of sp³-hybridized carbons (Fsp3) is 0.400. The average Bonchev–Trinajstić information content (AvgIpc) is 2.89. The molecule has 2 bridgehead atoms. The van der Waals surface area contributed by atoms with Gasteiger partial charge in [-0.15, -0.1) is 0 Å². The molecule has 0 aliphatic heterocycles. The predicted molar refractivity (Wildman–Crippen MR) is 74.2 cm³/mol. The minimum Gasteiger partial charge on any atom is -0.465 e. The Morgan fingerprint density at radius 3 is 2.54 bits per heavy atom. The number of aromatic nitrogens is 2. The molecule has 3 aliphatic carbocycles. The standard InChI is InChI=1S/C15H12F3N3O3/c16-15(17,18)10-2-1-8(4-19-10)9-3-11(24-21-9)13-5-14(6-13,7-13)20-12(22)23/h1-4,20H,5-7H2,(H,22,23). The predicted octanol–water partition coefficient (Wildman–Crippen LogP) is 3.20. The molecule has 2 aromatic rings. The summed E-state index contributed by atoms with van der Waals surface area (Å²) in [6.45, 7) is 0. The molecule has 0 unspecified atom stereocenters. The van der Waals surface area contributed by atoms with Crippen LogP contribution in [0.1, 0.15) is 30.7 Å². The lowest BCUT2D eigenvalue weighted by molar-refractivity contribution is -0.141. The number of nitrogens with zero attached hydrogens (tertiary/aromatic N) is 2. The van der Waals surface area contributed by atoms with Crippen LogP contribution in [0.3, 0.4) is 0 Å². The molecular weight excluding hydrogens is 327 g/mol. The molecule has 3 fully saturated rings. The van der Waals surface area contributed by atoms with Crippen molar-refractivity contribution in [2.45, 2.75) is 36.4 Å². The fourth-order valence-corrected chi connectivity index (χ4v) is 3.78. The molecule has 0 radical (unpaired) electrons. The molecule has 2 heterocycles. The van der Waals surface area contributed by atoms with Gasteiger partial charge in [-0.2, -0.15) is 13.2 Å². The number of nitrogens with one attached hydrogen (secondary N) is 1. The van der Waals surface area contributed by atoms with Crippen LogP contribution in [0.2, 0.25) is 0 Å². The number of hydrogen-bond donors (Lipinski definition) is 2. The van der Waals surface area contributed by atoms with Crippen molar-refractivity contribution in [1.82, 2.24) is 15.5 Å². The van der Waals surface area contributed by atoms with Crippen LogP contribution in [-0.2, 0) is 11.6 Å². The van der Waals surface area contributed by atoms with E-state index in [1.165, 1.54) is 6.07 Å².